The van der Waals surface area contributed by atoms with Crippen LogP contribution in [0.3, 0.4) is 0 Å². The van der Waals surface area contributed by atoms with Crippen LogP contribution in [0.2, 0.25) is 5.02 Å². The largest absolute Gasteiger partial charge is 0.385 e. The Bertz CT molecular complexity index is 1390. The van der Waals surface area contributed by atoms with E-state index >= 15 is 0 Å². The highest BCUT2D eigenvalue weighted by Crippen LogP contribution is 2.43. The molecule has 5 rings (SSSR count). The Labute approximate surface area is 229 Å². The molecule has 190 valence electrons. The maximum absolute atomic E-state index is 6.37. The van der Waals surface area contributed by atoms with E-state index in [2.05, 4.69) is 65.1 Å². The van der Waals surface area contributed by atoms with Crippen molar-refractivity contribution in [2.45, 2.75) is 39.3 Å². The van der Waals surface area contributed by atoms with Crippen molar-refractivity contribution in [3.05, 3.63) is 112 Å². The van der Waals surface area contributed by atoms with E-state index in [1.165, 1.54) is 22.5 Å². The maximum atomic E-state index is 6.37. The highest BCUT2D eigenvalue weighted by Gasteiger charge is 2.42. The molecule has 0 unspecified atom stereocenters. The van der Waals surface area contributed by atoms with E-state index in [4.69, 9.17) is 28.8 Å². The first-order valence-electron chi connectivity index (χ1n) is 12.7. The molecule has 0 bridgehead atoms. The third kappa shape index (κ3) is 5.09. The minimum atomic E-state index is -0.0391. The number of halogens is 1. The van der Waals surface area contributed by atoms with E-state index in [1.54, 1.807) is 0 Å². The van der Waals surface area contributed by atoms with E-state index in [-0.39, 0.29) is 12.1 Å². The van der Waals surface area contributed by atoms with E-state index < -0.39 is 0 Å². The second kappa shape index (κ2) is 11.0. The Hall–Kier alpha value is -3.35. The summed E-state index contributed by atoms with van der Waals surface area (Å²) in [4.78, 5) is 7.06. The van der Waals surface area contributed by atoms with E-state index in [0.29, 0.717) is 0 Å². The Morgan fingerprint density at radius 2 is 1.76 bits per heavy atom. The number of nitrogens with zero attached hydrogens (tertiary/aromatic N) is 3. The predicted octanol–water partition coefficient (Wildman–Crippen LogP) is 6.93. The molecular formula is C30H32ClN5S. The van der Waals surface area contributed by atoms with Gasteiger partial charge in [0.15, 0.2) is 5.11 Å². The molecule has 1 aliphatic rings. The van der Waals surface area contributed by atoms with Crippen LogP contribution < -0.4 is 10.6 Å². The molecule has 3 heterocycles. The van der Waals surface area contributed by atoms with Crippen molar-refractivity contribution >= 4 is 34.6 Å². The highest BCUT2D eigenvalue weighted by molar-refractivity contribution is 7.80. The summed E-state index contributed by atoms with van der Waals surface area (Å²) in [6, 6.07) is 24.4. The minimum absolute atomic E-state index is 0.0262. The topological polar surface area (TPSA) is 45.1 Å². The van der Waals surface area contributed by atoms with E-state index in [0.717, 1.165) is 46.7 Å². The number of hydrogen-bond acceptors (Lipinski definition) is 3. The summed E-state index contributed by atoms with van der Waals surface area (Å²) in [5.74, 6) is 0. The summed E-state index contributed by atoms with van der Waals surface area (Å²) < 4.78 is 2.31. The van der Waals surface area contributed by atoms with Gasteiger partial charge < -0.3 is 20.1 Å². The number of anilines is 1. The summed E-state index contributed by atoms with van der Waals surface area (Å²) in [6.07, 6.45) is 2.81. The Morgan fingerprint density at radius 3 is 2.49 bits per heavy atom. The summed E-state index contributed by atoms with van der Waals surface area (Å²) in [5.41, 5.74) is 8.15. The van der Waals surface area contributed by atoms with Crippen LogP contribution >= 0.6 is 23.8 Å². The Kier molecular flexibility index (Phi) is 7.49. The molecule has 0 aliphatic carbocycles. The van der Waals surface area contributed by atoms with Gasteiger partial charge >= 0.3 is 0 Å². The fourth-order valence-electron chi connectivity index (χ4n) is 5.44. The molecule has 1 saturated heterocycles. The molecule has 0 radical (unpaired) electrons. The van der Waals surface area contributed by atoms with Gasteiger partial charge in [-0.1, -0.05) is 41.9 Å². The first-order valence-corrected chi connectivity index (χ1v) is 13.5. The van der Waals surface area contributed by atoms with E-state index in [9.17, 15) is 0 Å². The zero-order chi connectivity index (χ0) is 25.9. The molecule has 0 spiro atoms. The normalized spacial score (nSPS) is 17.2. The van der Waals surface area contributed by atoms with Crippen LogP contribution in [0.15, 0.2) is 79.0 Å². The van der Waals surface area contributed by atoms with Crippen molar-refractivity contribution in [1.29, 1.82) is 0 Å². The predicted molar refractivity (Wildman–Crippen MR) is 157 cm³/mol. The van der Waals surface area contributed by atoms with Crippen molar-refractivity contribution in [1.82, 2.24) is 19.8 Å². The molecule has 5 nitrogen and oxygen atoms in total. The lowest BCUT2D eigenvalue weighted by atomic mass is 9.93. The van der Waals surface area contributed by atoms with Crippen LogP contribution in [-0.2, 0) is 0 Å². The number of hydrogen-bond donors (Lipinski definition) is 2. The standard InChI is InChI=1S/C30H32ClN5S/c1-20-21(2)36(25-14-9-11-23(31)19-25)22(3)27(20)29-28(26-15-7-8-16-33-26)34-30(37)35(29)18-10-17-32-24-12-5-4-6-13-24/h4-9,11-16,19,28-29,32H,10,17-18H2,1-3H3,(H,34,37)/t28-,29+/m1/s1. The third-order valence-electron chi connectivity index (χ3n) is 7.25. The van der Waals surface area contributed by atoms with Crippen LogP contribution in [0.4, 0.5) is 5.69 Å². The van der Waals surface area contributed by atoms with Gasteiger partial charge in [-0.25, -0.2) is 0 Å². The van der Waals surface area contributed by atoms with Crippen molar-refractivity contribution in [2.24, 2.45) is 0 Å². The van der Waals surface area contributed by atoms with Crippen LogP contribution in [0.25, 0.3) is 5.69 Å². The number of para-hydroxylation sites is 1. The lowest BCUT2D eigenvalue weighted by molar-refractivity contribution is 0.314. The fraction of sp³-hybridized carbons (Fsp3) is 0.267. The zero-order valence-electron chi connectivity index (χ0n) is 21.4. The molecule has 2 aromatic carbocycles. The minimum Gasteiger partial charge on any atom is -0.385 e. The first kappa shape index (κ1) is 25.3. The zero-order valence-corrected chi connectivity index (χ0v) is 23.0. The quantitative estimate of drug-likeness (QED) is 0.191. The molecule has 2 N–H and O–H groups in total. The summed E-state index contributed by atoms with van der Waals surface area (Å²) in [6.45, 7) is 8.29. The average Bonchev–Trinajstić information content (AvgIpc) is 3.34. The molecule has 2 aromatic heterocycles. The van der Waals surface area contributed by atoms with Crippen LogP contribution in [-0.4, -0.2) is 32.7 Å². The highest BCUT2D eigenvalue weighted by atomic mass is 35.5. The molecule has 7 heteroatoms. The second-order valence-corrected chi connectivity index (χ2v) is 10.3. The lowest BCUT2D eigenvalue weighted by Crippen LogP contribution is -2.32. The molecule has 0 saturated carbocycles. The third-order valence-corrected chi connectivity index (χ3v) is 7.83. The van der Waals surface area contributed by atoms with Crippen LogP contribution in [0.1, 0.15) is 46.7 Å². The van der Waals surface area contributed by atoms with Crippen LogP contribution in [0, 0.1) is 20.8 Å². The van der Waals surface area contributed by atoms with Crippen molar-refractivity contribution in [3.63, 3.8) is 0 Å². The van der Waals surface area contributed by atoms with Gasteiger partial charge in [0.05, 0.1) is 17.8 Å². The summed E-state index contributed by atoms with van der Waals surface area (Å²) in [7, 11) is 0. The van der Waals surface area contributed by atoms with Crippen molar-refractivity contribution < 1.29 is 0 Å². The van der Waals surface area contributed by atoms with Crippen LogP contribution in [0.5, 0.6) is 0 Å². The monoisotopic (exact) mass is 529 g/mol. The van der Waals surface area contributed by atoms with Crippen molar-refractivity contribution in [3.8, 4) is 5.69 Å². The number of benzene rings is 2. The summed E-state index contributed by atoms with van der Waals surface area (Å²) in [5, 5.41) is 8.63. The number of pyridine rings is 1. The number of rotatable bonds is 8. The molecule has 1 fully saturated rings. The van der Waals surface area contributed by atoms with Crippen molar-refractivity contribution in [2.75, 3.05) is 18.4 Å². The average molecular weight is 530 g/mol. The van der Waals surface area contributed by atoms with Gasteiger partial charge in [0.25, 0.3) is 0 Å². The lowest BCUT2D eigenvalue weighted by Gasteiger charge is -2.29. The van der Waals surface area contributed by atoms with Gasteiger partial charge in [0.2, 0.25) is 0 Å². The summed E-state index contributed by atoms with van der Waals surface area (Å²) >= 11 is 12.3. The number of aromatic nitrogens is 2. The second-order valence-electron chi connectivity index (χ2n) is 9.49. The SMILES string of the molecule is Cc1c([C@H]2[C@@H](c3ccccn3)NC(=S)N2CCCNc2ccccc2)c(C)n(-c2cccc(Cl)c2)c1C. The Morgan fingerprint density at radius 1 is 0.973 bits per heavy atom. The molecule has 1 aliphatic heterocycles. The fourth-order valence-corrected chi connectivity index (χ4v) is 5.96. The molecule has 0 amide bonds. The number of nitrogens with one attached hydrogen (secondary N) is 2. The van der Waals surface area contributed by atoms with E-state index in [1.807, 2.05) is 54.7 Å². The van der Waals surface area contributed by atoms with Gasteiger partial charge in [-0.2, -0.15) is 0 Å². The first-order chi connectivity index (χ1) is 18.0. The molecular weight excluding hydrogens is 498 g/mol. The molecule has 37 heavy (non-hydrogen) atoms. The maximum Gasteiger partial charge on any atom is 0.170 e. The van der Waals surface area contributed by atoms with Gasteiger partial charge in [-0.05, 0) is 87.4 Å². The van der Waals surface area contributed by atoms with Gasteiger partial charge in [-0.15, -0.1) is 0 Å². The van der Waals surface area contributed by atoms with Gasteiger partial charge in [-0.3, -0.25) is 4.98 Å². The number of thiocarbonyl (C=S) groups is 1. The molecule has 4 aromatic rings. The Balaban J connectivity index is 1.50. The van der Waals surface area contributed by atoms with Gasteiger partial charge in [0.1, 0.15) is 0 Å². The molecule has 2 atom stereocenters. The van der Waals surface area contributed by atoms with Gasteiger partial charge in [0, 0.05) is 52.6 Å². The smallest absolute Gasteiger partial charge is 0.170 e.